The fraction of sp³-hybridized carbons (Fsp3) is 0.679. The number of ether oxygens (including phenoxy) is 5. The number of epoxide rings is 1. The van der Waals surface area contributed by atoms with Gasteiger partial charge in [0.2, 0.25) is 0 Å². The normalized spacial score (nSPS) is 16.6. The van der Waals surface area contributed by atoms with Crippen molar-refractivity contribution in [2.75, 3.05) is 60.5 Å². The third kappa shape index (κ3) is 33.2. The van der Waals surface area contributed by atoms with Gasteiger partial charge in [-0.25, -0.2) is 9.59 Å². The Morgan fingerprint density at radius 2 is 1.08 bits per heavy atom. The molecule has 4 rings (SSSR count). The number of phenolic OH excluding ortho intramolecular Hbond substituents is 2. The van der Waals surface area contributed by atoms with Gasteiger partial charge in [0.05, 0.1) is 50.7 Å². The van der Waals surface area contributed by atoms with Crippen molar-refractivity contribution in [3.63, 3.8) is 0 Å². The molecule has 0 aromatic heterocycles. The van der Waals surface area contributed by atoms with E-state index in [0.29, 0.717) is 30.8 Å². The van der Waals surface area contributed by atoms with Crippen LogP contribution in [0.4, 0.5) is 4.79 Å². The van der Waals surface area contributed by atoms with Gasteiger partial charge < -0.3 is 54.3 Å². The van der Waals surface area contributed by atoms with E-state index in [1.54, 1.807) is 7.11 Å². The third-order valence-corrected chi connectivity index (χ3v) is 10.0. The summed E-state index contributed by atoms with van der Waals surface area (Å²) in [4.78, 5) is 46.0. The number of aromatic hydroxyl groups is 2. The number of benzene rings is 2. The largest absolute Gasteiger partial charge is 0.508 e. The number of carbonyl (C=O) groups is 2. The monoisotopic (exact) mass is 1050 g/mol. The van der Waals surface area contributed by atoms with Crippen molar-refractivity contribution in [3.05, 3.63) is 57.6 Å². The predicted octanol–water partition coefficient (Wildman–Crippen LogP) is 8.45. The van der Waals surface area contributed by atoms with Crippen molar-refractivity contribution >= 4 is 30.7 Å². The number of methoxy groups -OCH3 is 2. The molecule has 2 fully saturated rings. The van der Waals surface area contributed by atoms with Crippen molar-refractivity contribution in [3.8, 4) is 11.5 Å². The standard InChI is InChI=1S/C36H54N2O2.C7H14O5.C3H8O2.C3H6O.C2H4O3.CO2.CH4.Co/c1-33(2,3)25-17-23(31(39)27(19-25)35(7,8)9)21-37-29-15-13-14-16-30(29)38-22-24-18-26(34(4,5)6)20-28(32(24)40)36(10,11)12;1-6(8)5-12-7(9)11-4-3-10-2;1-5-3-2-4;1-3-2-4-3;3-1-2(4)5;2-1-3;;/h17-22,29-30,39-40H,13-16H2,1-12H3;6,8H,3-5H2,1-2H3;4H,2-3H2,1H3;3H,2H2,1H3;3H,1H2,(H,4,5);;1H4;. The zero-order chi connectivity index (χ0) is 53.8. The van der Waals surface area contributed by atoms with E-state index in [1.807, 2.05) is 12.4 Å². The smallest absolute Gasteiger partial charge is 0.507 e. The first-order valence-electron chi connectivity index (χ1n) is 23.2. The van der Waals surface area contributed by atoms with Gasteiger partial charge in [0.15, 0.2) is 0 Å². The van der Waals surface area contributed by atoms with E-state index < -0.39 is 24.8 Å². The van der Waals surface area contributed by atoms with Gasteiger partial charge in [-0.3, -0.25) is 9.98 Å². The quantitative estimate of drug-likeness (QED) is 0.0504. The maximum atomic E-state index is 11.2. The molecule has 1 aliphatic heterocycles. The molecule has 71 heavy (non-hydrogen) atoms. The van der Waals surface area contributed by atoms with Crippen LogP contribution in [-0.4, -0.2) is 146 Å². The molecule has 1 saturated heterocycles. The molecule has 1 radical (unpaired) electrons. The fourth-order valence-corrected chi connectivity index (χ4v) is 5.94. The van der Waals surface area contributed by atoms with Crippen LogP contribution in [0.25, 0.3) is 0 Å². The van der Waals surface area contributed by atoms with E-state index in [-0.39, 0.29) is 83.9 Å². The first-order chi connectivity index (χ1) is 31.8. The first-order valence-corrected chi connectivity index (χ1v) is 23.2. The van der Waals surface area contributed by atoms with E-state index in [2.05, 4.69) is 133 Å². The topological polar surface area (TPSA) is 264 Å². The summed E-state index contributed by atoms with van der Waals surface area (Å²) in [6.45, 7) is 30.8. The fourth-order valence-electron chi connectivity index (χ4n) is 5.94. The summed E-state index contributed by atoms with van der Waals surface area (Å²) in [5.41, 5.74) is 5.39. The van der Waals surface area contributed by atoms with Gasteiger partial charge in [-0.1, -0.05) is 115 Å². The van der Waals surface area contributed by atoms with Gasteiger partial charge >= 0.3 is 18.3 Å². The van der Waals surface area contributed by atoms with Crippen LogP contribution in [0.3, 0.4) is 0 Å². The molecule has 6 N–H and O–H groups in total. The van der Waals surface area contributed by atoms with Gasteiger partial charge in [0, 0.05) is 65.7 Å². The van der Waals surface area contributed by atoms with Crippen LogP contribution < -0.4 is 0 Å². The average molecular weight is 1050 g/mol. The van der Waals surface area contributed by atoms with E-state index in [1.165, 1.54) is 25.2 Å². The van der Waals surface area contributed by atoms with Gasteiger partial charge in [-0.15, -0.1) is 0 Å². The Morgan fingerprint density at radius 1 is 0.732 bits per heavy atom. The second-order valence-electron chi connectivity index (χ2n) is 20.6. The number of carboxylic acid groups (broad SMARTS) is 1. The molecular weight excluding hydrogens is 964 g/mol. The van der Waals surface area contributed by atoms with Gasteiger partial charge in [0.25, 0.3) is 0 Å². The van der Waals surface area contributed by atoms with Crippen LogP contribution in [-0.2, 0) is 76.5 Å². The third-order valence-electron chi connectivity index (χ3n) is 10.0. The Labute approximate surface area is 435 Å². The summed E-state index contributed by atoms with van der Waals surface area (Å²) in [5, 5.41) is 54.1. The summed E-state index contributed by atoms with van der Waals surface area (Å²) in [5.74, 6) is -0.553. The van der Waals surface area contributed by atoms with E-state index >= 15 is 0 Å². The zero-order valence-electron chi connectivity index (χ0n) is 44.6. The maximum Gasteiger partial charge on any atom is 0.508 e. The summed E-state index contributed by atoms with van der Waals surface area (Å²) in [6.07, 6.45) is 7.29. The number of aliphatic hydroxyl groups is 3. The molecule has 0 amide bonds. The Morgan fingerprint density at radius 3 is 1.32 bits per heavy atom. The van der Waals surface area contributed by atoms with E-state index in [9.17, 15) is 15.0 Å². The van der Waals surface area contributed by atoms with Crippen molar-refractivity contribution < 1.29 is 90.3 Å². The van der Waals surface area contributed by atoms with Gasteiger partial charge in [-0.05, 0) is 71.6 Å². The number of nitrogens with zero attached hydrogens (tertiary/aromatic N) is 2. The molecular formula is C53H90CoN2O15. The van der Waals surface area contributed by atoms with Crippen LogP contribution in [0.1, 0.15) is 163 Å². The summed E-state index contributed by atoms with van der Waals surface area (Å²) in [7, 11) is 3.06. The number of carbonyl (C=O) groups excluding carboxylic acids is 3. The van der Waals surface area contributed by atoms with E-state index in [0.717, 1.165) is 54.5 Å². The number of phenols is 2. The average Bonchev–Trinajstić information content (AvgIpc) is 4.04. The molecule has 1 heterocycles. The Balaban J connectivity index is -0.000000587. The minimum atomic E-state index is -1.19. The van der Waals surface area contributed by atoms with Crippen molar-refractivity contribution in [1.82, 2.24) is 0 Å². The van der Waals surface area contributed by atoms with Crippen molar-refractivity contribution in [2.45, 2.75) is 176 Å². The van der Waals surface area contributed by atoms with Crippen LogP contribution in [0.15, 0.2) is 34.3 Å². The number of aliphatic hydroxyl groups excluding tert-OH is 3. The molecule has 2 aliphatic rings. The van der Waals surface area contributed by atoms with Crippen LogP contribution >= 0.6 is 0 Å². The second-order valence-corrected chi connectivity index (χ2v) is 20.6. The molecule has 17 nitrogen and oxygen atoms in total. The predicted molar refractivity (Wildman–Crippen MR) is 274 cm³/mol. The summed E-state index contributed by atoms with van der Waals surface area (Å²) in [6, 6.07) is 8.53. The molecule has 4 unspecified atom stereocenters. The molecule has 2 aromatic rings. The van der Waals surface area contributed by atoms with E-state index in [4.69, 9.17) is 49.5 Å². The minimum absolute atomic E-state index is 0. The van der Waals surface area contributed by atoms with Gasteiger partial charge in [-0.2, -0.15) is 9.59 Å². The SMILES string of the molecule is C.CC(C)(C)c1cc(C=NC2CCCCC2N=Cc2cc(C(C)(C)C)cc(C(C)(C)C)c2O)c(O)c(C(C)(C)C)c1.CC1CO1.COCCO.COCCOC(=O)OCC(C)O.O=C(O)CO.O=C=O.[Co]. The molecule has 1 aliphatic carbocycles. The van der Waals surface area contributed by atoms with Crippen molar-refractivity contribution in [1.29, 1.82) is 0 Å². The van der Waals surface area contributed by atoms with Gasteiger partial charge in [0.1, 0.15) is 31.3 Å². The second kappa shape index (κ2) is 36.6. The number of hydrogen-bond acceptors (Lipinski definition) is 16. The molecule has 2 aromatic carbocycles. The van der Waals surface area contributed by atoms with Crippen LogP contribution in [0.5, 0.6) is 11.5 Å². The minimum Gasteiger partial charge on any atom is -0.507 e. The molecule has 18 heteroatoms. The zero-order valence-corrected chi connectivity index (χ0v) is 45.7. The number of aliphatic carboxylic acids is 1. The molecule has 4 atom stereocenters. The molecule has 0 spiro atoms. The van der Waals surface area contributed by atoms with Crippen LogP contribution in [0.2, 0.25) is 0 Å². The maximum absolute atomic E-state index is 11.2. The summed E-state index contributed by atoms with van der Waals surface area (Å²) >= 11 is 0. The number of carboxylic acids is 1. The molecule has 1 saturated carbocycles. The van der Waals surface area contributed by atoms with Crippen molar-refractivity contribution in [2.24, 2.45) is 9.98 Å². The number of rotatable bonds is 12. The first kappa shape index (κ1) is 73.3. The van der Waals surface area contributed by atoms with Crippen LogP contribution in [0, 0.1) is 0 Å². The number of hydrogen-bond donors (Lipinski definition) is 6. The Bertz CT molecular complexity index is 1780. The molecule has 411 valence electrons. The Kier molecular flexibility index (Phi) is 37.8. The molecule has 0 bridgehead atoms. The summed E-state index contributed by atoms with van der Waals surface area (Å²) < 4.78 is 22.8. The Hall–Kier alpha value is -4.23. The number of aliphatic imine (C=N–C) groups is 2.